The van der Waals surface area contributed by atoms with E-state index in [1.807, 2.05) is 54.6 Å². The molecule has 0 unspecified atom stereocenters. The number of carbonyl (C=O) groups is 1. The first-order valence-electron chi connectivity index (χ1n) is 12.9. The SMILES string of the molecule is O=C(O)c1ccc(Cc2c(C3=CNCC3)n(-c3ccc(F)cc3)c3cccc(OCc4ccccc4)c23)cc1. The van der Waals surface area contributed by atoms with Crippen molar-refractivity contribution in [3.05, 3.63) is 137 Å². The normalized spacial score (nSPS) is 12.8. The number of carboxylic acid groups (broad SMARTS) is 1. The minimum absolute atomic E-state index is 0.252. The van der Waals surface area contributed by atoms with Crippen LogP contribution < -0.4 is 10.1 Å². The van der Waals surface area contributed by atoms with Gasteiger partial charge in [0.1, 0.15) is 18.2 Å². The third-order valence-corrected chi connectivity index (χ3v) is 7.08. The lowest BCUT2D eigenvalue weighted by Crippen LogP contribution is -2.03. The fourth-order valence-electron chi connectivity index (χ4n) is 5.24. The van der Waals surface area contributed by atoms with E-state index in [9.17, 15) is 14.3 Å². The summed E-state index contributed by atoms with van der Waals surface area (Å²) in [7, 11) is 0. The summed E-state index contributed by atoms with van der Waals surface area (Å²) in [4.78, 5) is 11.4. The van der Waals surface area contributed by atoms with Crippen LogP contribution in [0.15, 0.2) is 103 Å². The van der Waals surface area contributed by atoms with Crippen molar-refractivity contribution in [3.63, 3.8) is 0 Å². The number of ether oxygens (including phenoxy) is 1. The number of hydrogen-bond acceptors (Lipinski definition) is 3. The van der Waals surface area contributed by atoms with E-state index in [-0.39, 0.29) is 11.4 Å². The maximum absolute atomic E-state index is 13.9. The van der Waals surface area contributed by atoms with E-state index in [4.69, 9.17) is 4.74 Å². The van der Waals surface area contributed by atoms with Crippen molar-refractivity contribution in [2.75, 3.05) is 6.54 Å². The van der Waals surface area contributed by atoms with E-state index >= 15 is 0 Å². The fraction of sp³-hybridized carbons (Fsp3) is 0.121. The first-order valence-corrected chi connectivity index (χ1v) is 12.9. The van der Waals surface area contributed by atoms with Gasteiger partial charge in [-0.3, -0.25) is 0 Å². The lowest BCUT2D eigenvalue weighted by atomic mass is 9.97. The van der Waals surface area contributed by atoms with Crippen LogP contribution in [0.4, 0.5) is 4.39 Å². The van der Waals surface area contributed by atoms with Gasteiger partial charge in [-0.2, -0.15) is 0 Å². The Labute approximate surface area is 225 Å². The molecule has 5 nitrogen and oxygen atoms in total. The predicted molar refractivity (Wildman–Crippen MR) is 151 cm³/mol. The summed E-state index contributed by atoms with van der Waals surface area (Å²) in [5.41, 5.74) is 7.41. The molecule has 5 aromatic rings. The summed E-state index contributed by atoms with van der Waals surface area (Å²) in [6.45, 7) is 1.26. The zero-order valence-electron chi connectivity index (χ0n) is 21.2. The second kappa shape index (κ2) is 10.5. The highest BCUT2D eigenvalue weighted by Crippen LogP contribution is 2.41. The molecule has 0 radical (unpaired) electrons. The largest absolute Gasteiger partial charge is 0.488 e. The van der Waals surface area contributed by atoms with Gasteiger partial charge in [-0.25, -0.2) is 9.18 Å². The van der Waals surface area contributed by atoms with Gasteiger partial charge in [0, 0.05) is 30.2 Å². The third kappa shape index (κ3) is 4.89. The molecule has 0 atom stereocenters. The zero-order valence-corrected chi connectivity index (χ0v) is 21.2. The monoisotopic (exact) mass is 518 g/mol. The highest BCUT2D eigenvalue weighted by Gasteiger charge is 2.25. The van der Waals surface area contributed by atoms with Crippen molar-refractivity contribution in [3.8, 4) is 11.4 Å². The van der Waals surface area contributed by atoms with Crippen LogP contribution in [0.2, 0.25) is 0 Å². The molecule has 6 rings (SSSR count). The van der Waals surface area contributed by atoms with Gasteiger partial charge in [-0.15, -0.1) is 0 Å². The maximum Gasteiger partial charge on any atom is 0.335 e. The number of nitrogens with zero attached hydrogens (tertiary/aromatic N) is 1. The molecule has 0 bridgehead atoms. The number of aromatic carboxylic acids is 1. The Balaban J connectivity index is 1.56. The summed E-state index contributed by atoms with van der Waals surface area (Å²) in [6, 6.07) is 29.6. The van der Waals surface area contributed by atoms with Gasteiger partial charge in [0.15, 0.2) is 0 Å². The molecule has 1 aromatic heterocycles. The van der Waals surface area contributed by atoms with Crippen LogP contribution in [0.1, 0.15) is 39.2 Å². The van der Waals surface area contributed by atoms with Crippen LogP contribution in [0.5, 0.6) is 5.75 Å². The Morgan fingerprint density at radius 2 is 1.67 bits per heavy atom. The standard InChI is InChI=1S/C33H27FN2O3/c34-26-13-15-27(16-14-26)36-29-7-4-8-30(39-21-23-5-2-1-3-6-23)31(29)28(32(36)25-17-18-35-20-25)19-22-9-11-24(12-10-22)33(37)38/h1-16,20,35H,17-19,21H2,(H,37,38). The second-order valence-corrected chi connectivity index (χ2v) is 9.62. The van der Waals surface area contributed by atoms with Crippen molar-refractivity contribution in [2.45, 2.75) is 19.4 Å². The minimum atomic E-state index is -0.950. The average Bonchev–Trinajstić information content (AvgIpc) is 3.60. The number of nitrogens with one attached hydrogen (secondary N) is 1. The first kappa shape index (κ1) is 24.5. The van der Waals surface area contributed by atoms with Crippen molar-refractivity contribution in [1.82, 2.24) is 9.88 Å². The topological polar surface area (TPSA) is 63.5 Å². The van der Waals surface area contributed by atoms with Crippen molar-refractivity contribution in [1.29, 1.82) is 0 Å². The molecular weight excluding hydrogens is 491 g/mol. The molecule has 6 heteroatoms. The van der Waals surface area contributed by atoms with Crippen molar-refractivity contribution < 1.29 is 19.0 Å². The van der Waals surface area contributed by atoms with Crippen LogP contribution in [0.3, 0.4) is 0 Å². The lowest BCUT2D eigenvalue weighted by molar-refractivity contribution is 0.0697. The van der Waals surface area contributed by atoms with Gasteiger partial charge in [0.05, 0.1) is 16.8 Å². The lowest BCUT2D eigenvalue weighted by Gasteiger charge is -2.14. The molecule has 194 valence electrons. The van der Waals surface area contributed by atoms with E-state index < -0.39 is 5.97 Å². The summed E-state index contributed by atoms with van der Waals surface area (Å²) in [5, 5.41) is 13.7. The number of fused-ring (bicyclic) bond motifs is 1. The average molecular weight is 519 g/mol. The summed E-state index contributed by atoms with van der Waals surface area (Å²) < 4.78 is 22.6. The minimum Gasteiger partial charge on any atom is -0.488 e. The summed E-state index contributed by atoms with van der Waals surface area (Å²) in [5.74, 6) is -0.472. The molecule has 2 N–H and O–H groups in total. The van der Waals surface area contributed by atoms with Gasteiger partial charge >= 0.3 is 5.97 Å². The Kier molecular flexibility index (Phi) is 6.59. The number of carboxylic acids is 1. The molecule has 4 aromatic carbocycles. The molecular formula is C33H27FN2O3. The van der Waals surface area contributed by atoms with Crippen LogP contribution in [-0.4, -0.2) is 22.2 Å². The molecule has 0 fully saturated rings. The number of aromatic nitrogens is 1. The van der Waals surface area contributed by atoms with Gasteiger partial charge in [-0.05, 0) is 77.2 Å². The first-order chi connectivity index (χ1) is 19.1. The van der Waals surface area contributed by atoms with E-state index in [0.717, 1.165) is 63.3 Å². The second-order valence-electron chi connectivity index (χ2n) is 9.62. The molecule has 2 heterocycles. The van der Waals surface area contributed by atoms with Crippen LogP contribution in [0, 0.1) is 5.82 Å². The van der Waals surface area contributed by atoms with E-state index in [0.29, 0.717) is 13.0 Å². The molecule has 1 aliphatic rings. The molecule has 1 aliphatic heterocycles. The number of rotatable bonds is 8. The fourth-order valence-corrected chi connectivity index (χ4v) is 5.24. The Bertz CT molecular complexity index is 1670. The third-order valence-electron chi connectivity index (χ3n) is 7.08. The van der Waals surface area contributed by atoms with E-state index in [1.54, 1.807) is 24.3 Å². The maximum atomic E-state index is 13.9. The Morgan fingerprint density at radius 3 is 2.36 bits per heavy atom. The molecule has 0 saturated carbocycles. The highest BCUT2D eigenvalue weighted by molar-refractivity contribution is 5.97. The zero-order chi connectivity index (χ0) is 26.8. The number of benzene rings is 4. The predicted octanol–water partition coefficient (Wildman–Crippen LogP) is 6.97. The highest BCUT2D eigenvalue weighted by atomic mass is 19.1. The molecule has 0 spiro atoms. The number of halogens is 1. The van der Waals surface area contributed by atoms with Crippen molar-refractivity contribution in [2.24, 2.45) is 0 Å². The van der Waals surface area contributed by atoms with Gasteiger partial charge in [0.25, 0.3) is 0 Å². The summed E-state index contributed by atoms with van der Waals surface area (Å²) >= 11 is 0. The molecule has 0 saturated heterocycles. The molecule has 0 amide bonds. The van der Waals surface area contributed by atoms with E-state index in [1.165, 1.54) is 12.1 Å². The van der Waals surface area contributed by atoms with E-state index in [2.05, 4.69) is 22.2 Å². The Morgan fingerprint density at radius 1 is 0.897 bits per heavy atom. The van der Waals surface area contributed by atoms with Crippen LogP contribution in [0.25, 0.3) is 22.2 Å². The van der Waals surface area contributed by atoms with Gasteiger partial charge in [0.2, 0.25) is 0 Å². The quantitative estimate of drug-likeness (QED) is 0.233. The molecule has 39 heavy (non-hydrogen) atoms. The Hall–Kier alpha value is -4.84. The van der Waals surface area contributed by atoms with Gasteiger partial charge in [-0.1, -0.05) is 48.5 Å². The summed E-state index contributed by atoms with van der Waals surface area (Å²) in [6.07, 6.45) is 3.47. The van der Waals surface area contributed by atoms with Gasteiger partial charge < -0.3 is 19.7 Å². The smallest absolute Gasteiger partial charge is 0.335 e. The van der Waals surface area contributed by atoms with Crippen LogP contribution in [-0.2, 0) is 13.0 Å². The number of hydrogen-bond donors (Lipinski definition) is 2. The van der Waals surface area contributed by atoms with Crippen LogP contribution >= 0.6 is 0 Å². The molecule has 0 aliphatic carbocycles. The van der Waals surface area contributed by atoms with Crippen molar-refractivity contribution >= 4 is 22.4 Å².